The molecule has 0 saturated heterocycles. The molecule has 7 atom stereocenters. The van der Waals surface area contributed by atoms with Gasteiger partial charge in [-0.05, 0) is 85.7 Å². The Morgan fingerprint density at radius 2 is 1.81 bits per heavy atom. The summed E-state index contributed by atoms with van der Waals surface area (Å²) in [4.78, 5) is 25.8. The van der Waals surface area contributed by atoms with Crippen LogP contribution in [0.4, 0.5) is 0 Å². The molecular weight excluding hydrogens is 404 g/mol. The van der Waals surface area contributed by atoms with Crippen LogP contribution < -0.4 is 0 Å². The first kappa shape index (κ1) is 21.9. The van der Waals surface area contributed by atoms with Gasteiger partial charge < -0.3 is 14.9 Å². The summed E-state index contributed by atoms with van der Waals surface area (Å²) >= 11 is 0. The van der Waals surface area contributed by atoms with Gasteiger partial charge in [-0.15, -0.1) is 0 Å². The predicted molar refractivity (Wildman–Crippen MR) is 120 cm³/mol. The smallest absolute Gasteiger partial charge is 0.338 e. The van der Waals surface area contributed by atoms with Crippen LogP contribution >= 0.6 is 0 Å². The number of rotatable bonds is 4. The summed E-state index contributed by atoms with van der Waals surface area (Å²) in [6.45, 7) is 4.27. The van der Waals surface area contributed by atoms with Crippen molar-refractivity contribution in [2.24, 2.45) is 33.5 Å². The standard InChI is InChI=1S/C27H36O5/c1-24-12-9-19-15-20(32-22(29)18-7-4-3-5-8-18)21-25(2,27(19,16-24)14-13-24)10-6-11-26(21,17-28)23(30)31/h3-5,7-8,19-21,28H,6,9-17H2,1-2H3,(H,30,31)/t19-,20+,21-,24-,25-,26-,27-/m0/s1. The van der Waals surface area contributed by atoms with E-state index in [1.165, 1.54) is 12.8 Å². The van der Waals surface area contributed by atoms with Crippen molar-refractivity contribution in [3.63, 3.8) is 0 Å². The first-order valence-electron chi connectivity index (χ1n) is 12.3. The third kappa shape index (κ3) is 2.85. The molecule has 174 valence electrons. The highest BCUT2D eigenvalue weighted by molar-refractivity contribution is 5.89. The Hall–Kier alpha value is -1.88. The van der Waals surface area contributed by atoms with Gasteiger partial charge in [-0.2, -0.15) is 0 Å². The molecule has 4 fully saturated rings. The van der Waals surface area contributed by atoms with Gasteiger partial charge in [0.25, 0.3) is 0 Å². The Morgan fingerprint density at radius 1 is 1.06 bits per heavy atom. The van der Waals surface area contributed by atoms with Crippen LogP contribution in [0.1, 0.15) is 82.0 Å². The van der Waals surface area contributed by atoms with Crippen LogP contribution in [0.15, 0.2) is 30.3 Å². The van der Waals surface area contributed by atoms with Crippen molar-refractivity contribution in [2.45, 2.75) is 77.7 Å². The number of carbonyl (C=O) groups is 2. The van der Waals surface area contributed by atoms with Crippen molar-refractivity contribution in [3.05, 3.63) is 35.9 Å². The summed E-state index contributed by atoms with van der Waals surface area (Å²) in [7, 11) is 0. The minimum atomic E-state index is -1.26. The summed E-state index contributed by atoms with van der Waals surface area (Å²) in [6.07, 6.45) is 8.18. The molecule has 2 N–H and O–H groups in total. The van der Waals surface area contributed by atoms with Gasteiger partial charge in [-0.1, -0.05) is 38.5 Å². The molecule has 0 heterocycles. The molecular formula is C27H36O5. The van der Waals surface area contributed by atoms with E-state index in [1.54, 1.807) is 12.1 Å². The van der Waals surface area contributed by atoms with Crippen molar-refractivity contribution < 1.29 is 24.5 Å². The van der Waals surface area contributed by atoms with E-state index >= 15 is 0 Å². The number of aliphatic hydroxyl groups is 1. The first-order valence-corrected chi connectivity index (χ1v) is 12.3. The second-order valence-electron chi connectivity index (χ2n) is 11.8. The molecule has 4 aliphatic carbocycles. The predicted octanol–water partition coefficient (Wildman–Crippen LogP) is 5.07. The maximum atomic E-state index is 13.1. The molecule has 4 aliphatic rings. The summed E-state index contributed by atoms with van der Waals surface area (Å²) in [5.74, 6) is -1.27. The Morgan fingerprint density at radius 3 is 2.50 bits per heavy atom. The van der Waals surface area contributed by atoms with Gasteiger partial charge in [0.15, 0.2) is 0 Å². The van der Waals surface area contributed by atoms with Crippen LogP contribution in [0.5, 0.6) is 0 Å². The van der Waals surface area contributed by atoms with Crippen LogP contribution in [0.25, 0.3) is 0 Å². The average molecular weight is 441 g/mol. The molecule has 4 saturated carbocycles. The highest BCUT2D eigenvalue weighted by Gasteiger charge is 2.72. The number of hydrogen-bond acceptors (Lipinski definition) is 4. The van der Waals surface area contributed by atoms with Gasteiger partial charge in [0.05, 0.1) is 17.6 Å². The van der Waals surface area contributed by atoms with E-state index in [4.69, 9.17) is 4.74 Å². The van der Waals surface area contributed by atoms with Gasteiger partial charge in [-0.25, -0.2) is 4.79 Å². The minimum Gasteiger partial charge on any atom is -0.481 e. The average Bonchev–Trinajstić information content (AvgIpc) is 3.07. The van der Waals surface area contributed by atoms with E-state index in [0.29, 0.717) is 29.7 Å². The molecule has 1 aromatic carbocycles. The quantitative estimate of drug-likeness (QED) is 0.639. The molecule has 0 radical (unpaired) electrons. The minimum absolute atomic E-state index is 0.0800. The lowest BCUT2D eigenvalue weighted by molar-refractivity contribution is -0.234. The summed E-state index contributed by atoms with van der Waals surface area (Å²) < 4.78 is 6.18. The molecule has 5 heteroatoms. The number of hydrogen-bond donors (Lipinski definition) is 2. The van der Waals surface area contributed by atoms with Crippen molar-refractivity contribution in [2.75, 3.05) is 6.61 Å². The molecule has 1 aromatic rings. The number of ether oxygens (including phenoxy) is 1. The van der Waals surface area contributed by atoms with E-state index < -0.39 is 24.1 Å². The molecule has 0 amide bonds. The van der Waals surface area contributed by atoms with Crippen LogP contribution in [-0.4, -0.2) is 34.9 Å². The maximum absolute atomic E-state index is 13.1. The van der Waals surface area contributed by atoms with Crippen LogP contribution in [0.2, 0.25) is 0 Å². The molecule has 5 nitrogen and oxygen atoms in total. The molecule has 5 rings (SSSR count). The SMILES string of the molecule is C[C@]12CC[C@H]3C[C@@H](OC(=O)c4ccccc4)[C@@H]4[C@](CO)(C(=O)O)CCC[C@]4(C)[C@@]3(CC1)C2. The normalized spacial score (nSPS) is 44.9. The van der Waals surface area contributed by atoms with Crippen LogP contribution in [-0.2, 0) is 9.53 Å². The number of carbonyl (C=O) groups excluding carboxylic acids is 1. The van der Waals surface area contributed by atoms with E-state index in [1.807, 2.05) is 18.2 Å². The molecule has 32 heavy (non-hydrogen) atoms. The monoisotopic (exact) mass is 440 g/mol. The fourth-order valence-electron chi connectivity index (χ4n) is 8.94. The lowest BCUT2D eigenvalue weighted by atomic mass is 9.37. The van der Waals surface area contributed by atoms with Crippen LogP contribution in [0, 0.1) is 33.5 Å². The van der Waals surface area contributed by atoms with Gasteiger partial charge >= 0.3 is 11.9 Å². The lowest BCUT2D eigenvalue weighted by Gasteiger charge is -2.67. The molecule has 0 aliphatic heterocycles. The van der Waals surface area contributed by atoms with Crippen molar-refractivity contribution in [1.82, 2.24) is 0 Å². The van der Waals surface area contributed by atoms with E-state index in [0.717, 1.165) is 32.1 Å². The molecule has 0 unspecified atom stereocenters. The van der Waals surface area contributed by atoms with E-state index in [2.05, 4.69) is 13.8 Å². The second kappa shape index (κ2) is 7.31. The number of esters is 1. The highest BCUT2D eigenvalue weighted by Crippen LogP contribution is 2.76. The Balaban J connectivity index is 1.60. The number of benzene rings is 1. The fraction of sp³-hybridized carbons (Fsp3) is 0.704. The largest absolute Gasteiger partial charge is 0.481 e. The van der Waals surface area contributed by atoms with Gasteiger partial charge in [0.1, 0.15) is 6.10 Å². The zero-order valence-corrected chi connectivity index (χ0v) is 19.3. The highest BCUT2D eigenvalue weighted by atomic mass is 16.5. The number of fused-ring (bicyclic) bond motifs is 2. The van der Waals surface area contributed by atoms with E-state index in [9.17, 15) is 19.8 Å². The summed E-state index contributed by atoms with van der Waals surface area (Å²) in [5.41, 5.74) is -0.622. The zero-order valence-electron chi connectivity index (χ0n) is 19.3. The molecule has 0 aromatic heterocycles. The maximum Gasteiger partial charge on any atom is 0.338 e. The Labute approximate surface area is 190 Å². The Bertz CT molecular complexity index is 914. The van der Waals surface area contributed by atoms with Crippen molar-refractivity contribution in [1.29, 1.82) is 0 Å². The number of carboxylic acid groups (broad SMARTS) is 1. The third-order valence-corrected chi connectivity index (χ3v) is 10.4. The summed E-state index contributed by atoms with van der Waals surface area (Å²) in [5, 5.41) is 21.0. The fourth-order valence-corrected chi connectivity index (χ4v) is 8.94. The molecule has 1 spiro atoms. The van der Waals surface area contributed by atoms with Crippen molar-refractivity contribution >= 4 is 11.9 Å². The van der Waals surface area contributed by atoms with Gasteiger partial charge in [0.2, 0.25) is 0 Å². The number of aliphatic hydroxyl groups excluding tert-OH is 1. The lowest BCUT2D eigenvalue weighted by Crippen LogP contribution is -2.67. The van der Waals surface area contributed by atoms with Gasteiger partial charge in [-0.3, -0.25) is 4.79 Å². The topological polar surface area (TPSA) is 83.8 Å². The van der Waals surface area contributed by atoms with Crippen LogP contribution in [0.3, 0.4) is 0 Å². The zero-order chi connectivity index (χ0) is 22.8. The number of aliphatic carboxylic acids is 1. The summed E-state index contributed by atoms with van der Waals surface area (Å²) in [6, 6.07) is 8.97. The first-order chi connectivity index (χ1) is 15.2. The van der Waals surface area contributed by atoms with Crippen molar-refractivity contribution in [3.8, 4) is 0 Å². The van der Waals surface area contributed by atoms with Gasteiger partial charge in [0, 0.05) is 5.92 Å². The molecule has 2 bridgehead atoms. The number of carboxylic acids is 1. The Kier molecular flexibility index (Phi) is 5.01. The van der Waals surface area contributed by atoms with E-state index in [-0.39, 0.29) is 22.7 Å². The third-order valence-electron chi connectivity index (χ3n) is 10.4. The second-order valence-corrected chi connectivity index (χ2v) is 11.8.